The first kappa shape index (κ1) is 16.9. The Labute approximate surface area is 148 Å². The van der Waals surface area contributed by atoms with Gasteiger partial charge in [0.05, 0.1) is 0 Å². The van der Waals surface area contributed by atoms with E-state index in [1.54, 1.807) is 0 Å². The van der Waals surface area contributed by atoms with Crippen LogP contribution in [0.2, 0.25) is 5.15 Å². The normalized spacial score (nSPS) is 15.5. The van der Waals surface area contributed by atoms with E-state index in [0.29, 0.717) is 5.15 Å². The number of hydrogen-bond donors (Lipinski definition) is 0. The summed E-state index contributed by atoms with van der Waals surface area (Å²) >= 11 is 5.82. The molecule has 0 aliphatic carbocycles. The number of carbonyl (C=O) groups excluding carboxylic acids is 1. The standard InChI is InChI=1S/C19H22ClN3O/c1-14-9-15(2)11-17(10-14)19(24)23-7-5-22(6-8-23)13-16-3-4-18(20)21-12-16/h3-4,9-12H,5-8,13H2,1-2H3. The second-order valence-electron chi connectivity index (χ2n) is 6.43. The van der Waals surface area contributed by atoms with Gasteiger partial charge in [-0.25, -0.2) is 4.98 Å². The number of amides is 1. The highest BCUT2D eigenvalue weighted by atomic mass is 35.5. The maximum atomic E-state index is 12.7. The number of nitrogens with zero attached hydrogens (tertiary/aromatic N) is 3. The van der Waals surface area contributed by atoms with Crippen LogP contribution in [-0.2, 0) is 6.54 Å². The minimum absolute atomic E-state index is 0.134. The third kappa shape index (κ3) is 4.13. The van der Waals surface area contributed by atoms with Crippen molar-refractivity contribution in [2.24, 2.45) is 0 Å². The number of hydrogen-bond acceptors (Lipinski definition) is 3. The van der Waals surface area contributed by atoms with Gasteiger partial charge in [0.15, 0.2) is 0 Å². The van der Waals surface area contributed by atoms with Crippen LogP contribution in [-0.4, -0.2) is 46.9 Å². The maximum Gasteiger partial charge on any atom is 0.253 e. The lowest BCUT2D eigenvalue weighted by Crippen LogP contribution is -2.48. The van der Waals surface area contributed by atoms with Gasteiger partial charge in [-0.05, 0) is 37.6 Å². The average molecular weight is 344 g/mol. The van der Waals surface area contributed by atoms with Crippen LogP contribution in [0.25, 0.3) is 0 Å². The van der Waals surface area contributed by atoms with Crippen molar-refractivity contribution in [3.8, 4) is 0 Å². The molecule has 1 aromatic carbocycles. The number of rotatable bonds is 3. The highest BCUT2D eigenvalue weighted by Gasteiger charge is 2.22. The Morgan fingerprint density at radius 3 is 2.33 bits per heavy atom. The van der Waals surface area contributed by atoms with Crippen molar-refractivity contribution in [1.29, 1.82) is 0 Å². The molecule has 126 valence electrons. The minimum atomic E-state index is 0.134. The van der Waals surface area contributed by atoms with Gasteiger partial charge in [-0.3, -0.25) is 9.69 Å². The first-order valence-electron chi connectivity index (χ1n) is 8.21. The summed E-state index contributed by atoms with van der Waals surface area (Å²) in [5, 5.41) is 0.516. The van der Waals surface area contributed by atoms with Gasteiger partial charge in [0.2, 0.25) is 0 Å². The molecular formula is C19H22ClN3O. The monoisotopic (exact) mass is 343 g/mol. The molecule has 0 radical (unpaired) electrons. The molecule has 0 atom stereocenters. The number of benzene rings is 1. The van der Waals surface area contributed by atoms with Crippen LogP contribution in [0.15, 0.2) is 36.5 Å². The SMILES string of the molecule is Cc1cc(C)cc(C(=O)N2CCN(Cc3ccc(Cl)nc3)CC2)c1. The number of piperazine rings is 1. The molecule has 1 aliphatic rings. The van der Waals surface area contributed by atoms with E-state index in [2.05, 4.69) is 16.0 Å². The molecule has 4 nitrogen and oxygen atoms in total. The van der Waals surface area contributed by atoms with E-state index in [9.17, 15) is 4.79 Å². The van der Waals surface area contributed by atoms with Crippen molar-refractivity contribution in [3.05, 3.63) is 63.9 Å². The van der Waals surface area contributed by atoms with Gasteiger partial charge in [-0.2, -0.15) is 0 Å². The van der Waals surface area contributed by atoms with Gasteiger partial charge >= 0.3 is 0 Å². The van der Waals surface area contributed by atoms with Crippen LogP contribution >= 0.6 is 11.6 Å². The van der Waals surface area contributed by atoms with E-state index < -0.39 is 0 Å². The largest absolute Gasteiger partial charge is 0.336 e. The second-order valence-corrected chi connectivity index (χ2v) is 6.82. The van der Waals surface area contributed by atoms with Crippen molar-refractivity contribution in [3.63, 3.8) is 0 Å². The molecule has 1 fully saturated rings. The Hall–Kier alpha value is -1.91. The topological polar surface area (TPSA) is 36.4 Å². The molecule has 2 aromatic rings. The smallest absolute Gasteiger partial charge is 0.253 e. The van der Waals surface area contributed by atoms with Gasteiger partial charge in [0.1, 0.15) is 5.15 Å². The summed E-state index contributed by atoms with van der Waals surface area (Å²) in [6, 6.07) is 9.86. The van der Waals surface area contributed by atoms with Gasteiger partial charge in [0, 0.05) is 44.5 Å². The highest BCUT2D eigenvalue weighted by Crippen LogP contribution is 2.15. The van der Waals surface area contributed by atoms with Crippen molar-refractivity contribution >= 4 is 17.5 Å². The molecule has 5 heteroatoms. The molecule has 1 aromatic heterocycles. The Bertz CT molecular complexity index is 702. The molecule has 0 saturated carbocycles. The second kappa shape index (κ2) is 7.32. The van der Waals surface area contributed by atoms with E-state index in [1.807, 2.05) is 49.2 Å². The lowest BCUT2D eigenvalue weighted by Gasteiger charge is -2.34. The van der Waals surface area contributed by atoms with Crippen LogP contribution < -0.4 is 0 Å². The van der Waals surface area contributed by atoms with Crippen molar-refractivity contribution in [1.82, 2.24) is 14.8 Å². The van der Waals surface area contributed by atoms with Crippen LogP contribution in [0.3, 0.4) is 0 Å². The Morgan fingerprint density at radius 2 is 1.75 bits per heavy atom. The molecule has 24 heavy (non-hydrogen) atoms. The molecule has 1 saturated heterocycles. The average Bonchev–Trinajstić information content (AvgIpc) is 2.56. The third-order valence-corrected chi connectivity index (χ3v) is 4.55. The fourth-order valence-corrected chi connectivity index (χ4v) is 3.26. The minimum Gasteiger partial charge on any atom is -0.336 e. The first-order valence-corrected chi connectivity index (χ1v) is 8.59. The quantitative estimate of drug-likeness (QED) is 0.802. The summed E-state index contributed by atoms with van der Waals surface area (Å²) in [7, 11) is 0. The fraction of sp³-hybridized carbons (Fsp3) is 0.368. The van der Waals surface area contributed by atoms with Crippen LogP contribution in [0.5, 0.6) is 0 Å². The van der Waals surface area contributed by atoms with E-state index in [4.69, 9.17) is 11.6 Å². The molecule has 2 heterocycles. The van der Waals surface area contributed by atoms with Crippen molar-refractivity contribution in [2.45, 2.75) is 20.4 Å². The predicted octanol–water partition coefficient (Wildman–Crippen LogP) is 3.31. The van der Waals surface area contributed by atoms with Crippen LogP contribution in [0.1, 0.15) is 27.0 Å². The summed E-state index contributed by atoms with van der Waals surface area (Å²) in [5.74, 6) is 0.134. The molecular weight excluding hydrogens is 322 g/mol. The van der Waals surface area contributed by atoms with Gasteiger partial charge in [-0.15, -0.1) is 0 Å². The van der Waals surface area contributed by atoms with Crippen LogP contribution in [0, 0.1) is 13.8 Å². The Balaban J connectivity index is 1.58. The summed E-state index contributed by atoms with van der Waals surface area (Å²) < 4.78 is 0. The van der Waals surface area contributed by atoms with Gasteiger partial charge in [-0.1, -0.05) is 34.9 Å². The summed E-state index contributed by atoms with van der Waals surface area (Å²) in [5.41, 5.74) is 4.20. The van der Waals surface area contributed by atoms with Crippen molar-refractivity contribution < 1.29 is 4.79 Å². The fourth-order valence-electron chi connectivity index (χ4n) is 3.15. The summed E-state index contributed by atoms with van der Waals surface area (Å²) in [4.78, 5) is 21.1. The highest BCUT2D eigenvalue weighted by molar-refractivity contribution is 6.29. The lowest BCUT2D eigenvalue weighted by atomic mass is 10.1. The Kier molecular flexibility index (Phi) is 5.17. The molecule has 1 aliphatic heterocycles. The zero-order valence-corrected chi connectivity index (χ0v) is 14.9. The third-order valence-electron chi connectivity index (χ3n) is 4.32. The van der Waals surface area contributed by atoms with E-state index in [-0.39, 0.29) is 5.91 Å². The van der Waals surface area contributed by atoms with Gasteiger partial charge in [0.25, 0.3) is 5.91 Å². The molecule has 3 rings (SSSR count). The maximum absolute atomic E-state index is 12.7. The van der Waals surface area contributed by atoms with Crippen LogP contribution in [0.4, 0.5) is 0 Å². The number of pyridine rings is 1. The predicted molar refractivity (Wildman–Crippen MR) is 96.3 cm³/mol. The number of aromatic nitrogens is 1. The molecule has 0 N–H and O–H groups in total. The lowest BCUT2D eigenvalue weighted by molar-refractivity contribution is 0.0628. The van der Waals surface area contributed by atoms with Gasteiger partial charge < -0.3 is 4.90 Å². The number of aryl methyl sites for hydroxylation is 2. The number of halogens is 1. The zero-order valence-electron chi connectivity index (χ0n) is 14.1. The number of carbonyl (C=O) groups is 1. The summed E-state index contributed by atoms with van der Waals surface area (Å²) in [6.07, 6.45) is 1.81. The molecule has 0 spiro atoms. The zero-order chi connectivity index (χ0) is 17.1. The first-order chi connectivity index (χ1) is 11.5. The van der Waals surface area contributed by atoms with E-state index >= 15 is 0 Å². The van der Waals surface area contributed by atoms with E-state index in [0.717, 1.165) is 55.0 Å². The van der Waals surface area contributed by atoms with Crippen molar-refractivity contribution in [2.75, 3.05) is 26.2 Å². The Morgan fingerprint density at radius 1 is 1.08 bits per heavy atom. The summed E-state index contributed by atoms with van der Waals surface area (Å²) in [6.45, 7) is 8.16. The molecule has 0 unspecified atom stereocenters. The molecule has 1 amide bonds. The molecule has 0 bridgehead atoms. The van der Waals surface area contributed by atoms with E-state index in [1.165, 1.54) is 0 Å².